The molecule has 0 bridgehead atoms. The highest BCUT2D eigenvalue weighted by molar-refractivity contribution is 5.67. The molecule has 1 rings (SSSR count). The molecule has 0 saturated carbocycles. The number of carbonyl (C=O) groups is 1. The van der Waals surface area contributed by atoms with Gasteiger partial charge in [-0.15, -0.1) is 0 Å². The lowest BCUT2D eigenvalue weighted by atomic mass is 9.88. The number of hydrogen-bond donors (Lipinski definition) is 2. The van der Waals surface area contributed by atoms with Gasteiger partial charge in [-0.05, 0) is 38.0 Å². The van der Waals surface area contributed by atoms with Gasteiger partial charge in [-0.1, -0.05) is 20.8 Å². The first-order chi connectivity index (χ1) is 9.94. The maximum Gasteiger partial charge on any atom is 0.407 e. The number of rotatable bonds is 7. The van der Waals surface area contributed by atoms with Crippen molar-refractivity contribution >= 4 is 6.09 Å². The standard InChI is InChI=1S/C16H32N2O3/c1-5-15(19)8-13-7-14(17-16(20)21-6-2)11-18(10-13)9-12(3)4/h12-15,19H,5-11H2,1-4H3,(H,17,20). The Bertz CT molecular complexity index is 310. The van der Waals surface area contributed by atoms with Crippen molar-refractivity contribution in [3.05, 3.63) is 0 Å². The van der Waals surface area contributed by atoms with Gasteiger partial charge in [0.2, 0.25) is 0 Å². The zero-order chi connectivity index (χ0) is 15.8. The van der Waals surface area contributed by atoms with Crippen LogP contribution in [0, 0.1) is 11.8 Å². The predicted octanol–water partition coefficient (Wildman–Crippen LogP) is 2.24. The average Bonchev–Trinajstić information content (AvgIpc) is 2.37. The summed E-state index contributed by atoms with van der Waals surface area (Å²) < 4.78 is 4.98. The zero-order valence-corrected chi connectivity index (χ0v) is 14.0. The second kappa shape index (κ2) is 9.26. The maximum atomic E-state index is 11.6. The Labute approximate surface area is 129 Å². The number of carbonyl (C=O) groups excluding carboxylic acids is 1. The molecule has 3 unspecified atom stereocenters. The molecule has 5 heteroatoms. The van der Waals surface area contributed by atoms with Crippen molar-refractivity contribution in [2.45, 2.75) is 59.1 Å². The molecule has 1 amide bonds. The van der Waals surface area contributed by atoms with Crippen molar-refractivity contribution in [3.63, 3.8) is 0 Å². The van der Waals surface area contributed by atoms with Gasteiger partial charge in [0.15, 0.2) is 0 Å². The minimum absolute atomic E-state index is 0.116. The molecule has 1 aliphatic rings. The van der Waals surface area contributed by atoms with Crippen molar-refractivity contribution in [1.29, 1.82) is 0 Å². The maximum absolute atomic E-state index is 11.6. The first kappa shape index (κ1) is 18.2. The van der Waals surface area contributed by atoms with Gasteiger partial charge in [0.1, 0.15) is 0 Å². The van der Waals surface area contributed by atoms with Gasteiger partial charge >= 0.3 is 6.09 Å². The summed E-state index contributed by atoms with van der Waals surface area (Å²) in [5.41, 5.74) is 0. The van der Waals surface area contributed by atoms with E-state index in [0.717, 1.165) is 38.9 Å². The molecular formula is C16H32N2O3. The van der Waals surface area contributed by atoms with E-state index in [9.17, 15) is 9.90 Å². The van der Waals surface area contributed by atoms with Crippen LogP contribution >= 0.6 is 0 Å². The molecule has 0 aromatic carbocycles. The molecule has 1 heterocycles. The summed E-state index contributed by atoms with van der Waals surface area (Å²) in [6, 6.07) is 0.116. The van der Waals surface area contributed by atoms with Crippen LogP contribution in [0.25, 0.3) is 0 Å². The summed E-state index contributed by atoms with van der Waals surface area (Å²) in [5.74, 6) is 1.03. The van der Waals surface area contributed by atoms with Gasteiger partial charge < -0.3 is 20.1 Å². The van der Waals surface area contributed by atoms with Crippen LogP contribution in [-0.4, -0.2) is 54.5 Å². The number of hydrogen-bond acceptors (Lipinski definition) is 4. The number of likely N-dealkylation sites (tertiary alicyclic amines) is 1. The highest BCUT2D eigenvalue weighted by atomic mass is 16.5. The predicted molar refractivity (Wildman–Crippen MR) is 84.2 cm³/mol. The smallest absolute Gasteiger partial charge is 0.407 e. The van der Waals surface area contributed by atoms with Gasteiger partial charge in [0.25, 0.3) is 0 Å². The largest absolute Gasteiger partial charge is 0.450 e. The molecule has 0 aromatic heterocycles. The minimum atomic E-state index is -0.330. The third kappa shape index (κ3) is 7.14. The molecule has 21 heavy (non-hydrogen) atoms. The fourth-order valence-electron chi connectivity index (χ4n) is 3.13. The zero-order valence-electron chi connectivity index (χ0n) is 14.0. The topological polar surface area (TPSA) is 61.8 Å². The lowest BCUT2D eigenvalue weighted by Gasteiger charge is -2.39. The summed E-state index contributed by atoms with van der Waals surface area (Å²) >= 11 is 0. The summed E-state index contributed by atoms with van der Waals surface area (Å²) in [5, 5.41) is 12.9. The Morgan fingerprint density at radius 3 is 2.67 bits per heavy atom. The quantitative estimate of drug-likeness (QED) is 0.757. The van der Waals surface area contributed by atoms with Gasteiger partial charge in [0.05, 0.1) is 12.7 Å². The number of nitrogens with one attached hydrogen (secondary N) is 1. The number of ether oxygens (including phenoxy) is 1. The summed E-state index contributed by atoms with van der Waals surface area (Å²) in [7, 11) is 0. The van der Waals surface area contributed by atoms with Gasteiger partial charge in [0, 0.05) is 25.7 Å². The van der Waals surface area contributed by atoms with E-state index < -0.39 is 0 Å². The van der Waals surface area contributed by atoms with Crippen molar-refractivity contribution in [3.8, 4) is 0 Å². The SMILES string of the molecule is CCOC(=O)NC1CC(CC(O)CC)CN(CC(C)C)C1. The van der Waals surface area contributed by atoms with Crippen molar-refractivity contribution in [2.75, 3.05) is 26.2 Å². The van der Waals surface area contributed by atoms with E-state index >= 15 is 0 Å². The third-order valence-corrected chi connectivity index (χ3v) is 3.91. The lowest BCUT2D eigenvalue weighted by Crippen LogP contribution is -2.52. The van der Waals surface area contributed by atoms with E-state index in [1.807, 2.05) is 13.8 Å². The Kier molecular flexibility index (Phi) is 8.04. The second-order valence-corrected chi connectivity index (χ2v) is 6.57. The Balaban J connectivity index is 2.58. The first-order valence-electron chi connectivity index (χ1n) is 8.28. The molecule has 1 fully saturated rings. The molecular weight excluding hydrogens is 268 g/mol. The van der Waals surface area contributed by atoms with E-state index in [-0.39, 0.29) is 18.2 Å². The molecule has 2 N–H and O–H groups in total. The van der Waals surface area contributed by atoms with Crippen molar-refractivity contribution < 1.29 is 14.6 Å². The van der Waals surface area contributed by atoms with Crippen LogP contribution in [0.2, 0.25) is 0 Å². The summed E-state index contributed by atoms with van der Waals surface area (Å²) in [6.45, 7) is 11.5. The normalized spacial score (nSPS) is 24.9. The fraction of sp³-hybridized carbons (Fsp3) is 0.938. The van der Waals surface area contributed by atoms with Crippen LogP contribution in [0.5, 0.6) is 0 Å². The van der Waals surface area contributed by atoms with Crippen LogP contribution in [0.15, 0.2) is 0 Å². The molecule has 3 atom stereocenters. The number of nitrogens with zero attached hydrogens (tertiary/aromatic N) is 1. The number of amides is 1. The van der Waals surface area contributed by atoms with Crippen LogP contribution < -0.4 is 5.32 Å². The van der Waals surface area contributed by atoms with E-state index in [1.54, 1.807) is 0 Å². The average molecular weight is 300 g/mol. The van der Waals surface area contributed by atoms with Gasteiger partial charge in [-0.3, -0.25) is 0 Å². The van der Waals surface area contributed by atoms with E-state index in [0.29, 0.717) is 18.4 Å². The van der Waals surface area contributed by atoms with Crippen molar-refractivity contribution in [2.24, 2.45) is 11.8 Å². The molecule has 5 nitrogen and oxygen atoms in total. The molecule has 124 valence electrons. The van der Waals surface area contributed by atoms with Crippen LogP contribution in [0.4, 0.5) is 4.79 Å². The number of alkyl carbamates (subject to hydrolysis) is 1. The monoisotopic (exact) mass is 300 g/mol. The number of aliphatic hydroxyl groups excluding tert-OH is 1. The molecule has 1 saturated heterocycles. The van der Waals surface area contributed by atoms with Crippen molar-refractivity contribution in [1.82, 2.24) is 10.2 Å². The van der Waals surface area contributed by atoms with Crippen LogP contribution in [0.1, 0.15) is 47.0 Å². The second-order valence-electron chi connectivity index (χ2n) is 6.57. The van der Waals surface area contributed by atoms with Crippen LogP contribution in [0.3, 0.4) is 0 Å². The Morgan fingerprint density at radius 2 is 2.10 bits per heavy atom. The number of piperidine rings is 1. The molecule has 1 aliphatic heterocycles. The van der Waals surface area contributed by atoms with Gasteiger partial charge in [-0.2, -0.15) is 0 Å². The molecule has 0 spiro atoms. The van der Waals surface area contributed by atoms with E-state index in [2.05, 4.69) is 24.1 Å². The summed E-state index contributed by atoms with van der Waals surface area (Å²) in [6.07, 6.45) is 1.95. The third-order valence-electron chi connectivity index (χ3n) is 3.91. The highest BCUT2D eigenvalue weighted by Gasteiger charge is 2.29. The molecule has 0 aromatic rings. The van der Waals surface area contributed by atoms with E-state index in [1.165, 1.54) is 0 Å². The number of aliphatic hydroxyl groups is 1. The van der Waals surface area contributed by atoms with Gasteiger partial charge in [-0.25, -0.2) is 4.79 Å². The minimum Gasteiger partial charge on any atom is -0.450 e. The van der Waals surface area contributed by atoms with E-state index in [4.69, 9.17) is 4.74 Å². The molecule has 0 radical (unpaired) electrons. The lowest BCUT2D eigenvalue weighted by molar-refractivity contribution is 0.0752. The van der Waals surface area contributed by atoms with Crippen LogP contribution in [-0.2, 0) is 4.74 Å². The summed E-state index contributed by atoms with van der Waals surface area (Å²) in [4.78, 5) is 14.0. The Morgan fingerprint density at radius 1 is 1.38 bits per heavy atom. The highest BCUT2D eigenvalue weighted by Crippen LogP contribution is 2.23. The first-order valence-corrected chi connectivity index (χ1v) is 8.28. The fourth-order valence-corrected chi connectivity index (χ4v) is 3.13. The Hall–Kier alpha value is -0.810. The molecule has 0 aliphatic carbocycles.